The summed E-state index contributed by atoms with van der Waals surface area (Å²) in [4.78, 5) is 5.14. The summed E-state index contributed by atoms with van der Waals surface area (Å²) in [6.07, 6.45) is 4.39. The zero-order valence-electron chi connectivity index (χ0n) is 10.5. The van der Waals surface area contributed by atoms with Gasteiger partial charge in [0.25, 0.3) is 0 Å². The molecule has 2 heterocycles. The van der Waals surface area contributed by atoms with Crippen LogP contribution in [0.2, 0.25) is 0 Å². The largest absolute Gasteiger partial charge is 0.317 e. The molecule has 16 heavy (non-hydrogen) atoms. The minimum Gasteiger partial charge on any atom is -0.317 e. The standard InChI is InChI=1S/C13H25N3/c1-15-6-8-16(9-7-15)11-12-10-13(12)2-4-14-5-3-13/h12,14H,2-11H2,1H3. The fraction of sp³-hybridized carbons (Fsp3) is 1.00. The summed E-state index contributed by atoms with van der Waals surface area (Å²) in [6.45, 7) is 9.03. The van der Waals surface area contributed by atoms with Gasteiger partial charge in [-0.3, -0.25) is 0 Å². The molecule has 92 valence electrons. The molecule has 0 aromatic rings. The van der Waals surface area contributed by atoms with E-state index in [9.17, 15) is 0 Å². The molecule has 0 bridgehead atoms. The van der Waals surface area contributed by atoms with E-state index < -0.39 is 0 Å². The van der Waals surface area contributed by atoms with Crippen molar-refractivity contribution in [1.82, 2.24) is 15.1 Å². The van der Waals surface area contributed by atoms with Crippen LogP contribution in [0.25, 0.3) is 0 Å². The lowest BCUT2D eigenvalue weighted by molar-refractivity contribution is 0.140. The van der Waals surface area contributed by atoms with Gasteiger partial charge in [0.1, 0.15) is 0 Å². The van der Waals surface area contributed by atoms with Gasteiger partial charge in [0, 0.05) is 32.7 Å². The minimum absolute atomic E-state index is 0.772. The number of piperidine rings is 1. The summed E-state index contributed by atoms with van der Waals surface area (Å²) < 4.78 is 0. The number of hydrogen-bond donors (Lipinski definition) is 1. The quantitative estimate of drug-likeness (QED) is 0.740. The van der Waals surface area contributed by atoms with E-state index in [4.69, 9.17) is 0 Å². The normalized spacial score (nSPS) is 35.4. The van der Waals surface area contributed by atoms with E-state index in [0.29, 0.717) is 0 Å². The van der Waals surface area contributed by atoms with Crippen molar-refractivity contribution in [1.29, 1.82) is 0 Å². The maximum Gasteiger partial charge on any atom is 0.0110 e. The lowest BCUT2D eigenvalue weighted by atomic mass is 9.92. The third-order valence-corrected chi connectivity index (χ3v) is 5.03. The van der Waals surface area contributed by atoms with Crippen molar-refractivity contribution in [2.45, 2.75) is 19.3 Å². The smallest absolute Gasteiger partial charge is 0.0110 e. The summed E-state index contributed by atoms with van der Waals surface area (Å²) in [6, 6.07) is 0. The van der Waals surface area contributed by atoms with Gasteiger partial charge >= 0.3 is 0 Å². The molecule has 3 rings (SSSR count). The van der Waals surface area contributed by atoms with Crippen molar-refractivity contribution < 1.29 is 0 Å². The highest BCUT2D eigenvalue weighted by Crippen LogP contribution is 2.58. The van der Waals surface area contributed by atoms with E-state index in [0.717, 1.165) is 11.3 Å². The lowest BCUT2D eigenvalue weighted by Gasteiger charge is -2.33. The first-order chi connectivity index (χ1) is 7.78. The van der Waals surface area contributed by atoms with E-state index >= 15 is 0 Å². The third-order valence-electron chi connectivity index (χ3n) is 5.03. The van der Waals surface area contributed by atoms with Crippen molar-refractivity contribution in [3.63, 3.8) is 0 Å². The molecule has 0 aromatic heterocycles. The molecule has 3 aliphatic rings. The second-order valence-electron chi connectivity index (χ2n) is 6.12. The summed E-state index contributed by atoms with van der Waals surface area (Å²) in [5, 5.41) is 3.49. The van der Waals surface area contributed by atoms with E-state index in [2.05, 4.69) is 22.2 Å². The highest BCUT2D eigenvalue weighted by atomic mass is 15.2. The third kappa shape index (κ3) is 2.13. The van der Waals surface area contributed by atoms with Crippen molar-refractivity contribution in [2.75, 3.05) is 52.9 Å². The first kappa shape index (κ1) is 11.0. The van der Waals surface area contributed by atoms with Gasteiger partial charge in [0.2, 0.25) is 0 Å². The second-order valence-corrected chi connectivity index (χ2v) is 6.12. The first-order valence-electron chi connectivity index (χ1n) is 6.90. The number of nitrogens with zero attached hydrogens (tertiary/aromatic N) is 2. The Morgan fingerprint density at radius 3 is 2.50 bits per heavy atom. The molecule has 1 saturated carbocycles. The van der Waals surface area contributed by atoms with Crippen LogP contribution in [0, 0.1) is 11.3 Å². The summed E-state index contributed by atoms with van der Waals surface area (Å²) in [5.74, 6) is 1.03. The molecule has 2 saturated heterocycles. The predicted octanol–water partition coefficient (Wildman–Crippen LogP) is 0.623. The SMILES string of the molecule is CN1CCN(CC2CC23CCNCC3)CC1. The van der Waals surface area contributed by atoms with E-state index in [1.807, 2.05) is 0 Å². The Labute approximate surface area is 99.2 Å². The zero-order valence-corrected chi connectivity index (χ0v) is 10.5. The van der Waals surface area contributed by atoms with Crippen molar-refractivity contribution in [3.05, 3.63) is 0 Å². The molecule has 0 amide bonds. The van der Waals surface area contributed by atoms with Crippen molar-refractivity contribution in [2.24, 2.45) is 11.3 Å². The van der Waals surface area contributed by atoms with Crippen molar-refractivity contribution >= 4 is 0 Å². The fourth-order valence-electron chi connectivity index (χ4n) is 3.57. The summed E-state index contributed by atoms with van der Waals surface area (Å²) >= 11 is 0. The van der Waals surface area contributed by atoms with Crippen LogP contribution in [0.3, 0.4) is 0 Å². The monoisotopic (exact) mass is 223 g/mol. The molecule has 3 fully saturated rings. The molecular weight excluding hydrogens is 198 g/mol. The van der Waals surface area contributed by atoms with Crippen molar-refractivity contribution in [3.8, 4) is 0 Å². The van der Waals surface area contributed by atoms with Crippen LogP contribution in [0.1, 0.15) is 19.3 Å². The molecule has 0 radical (unpaired) electrons. The first-order valence-corrected chi connectivity index (χ1v) is 6.90. The molecule has 1 spiro atoms. The second kappa shape index (κ2) is 4.28. The maximum atomic E-state index is 3.49. The molecule has 1 atom stereocenters. The van der Waals surface area contributed by atoms with Gasteiger partial charge in [-0.1, -0.05) is 0 Å². The van der Waals surface area contributed by atoms with E-state index in [1.165, 1.54) is 65.1 Å². The Bertz CT molecular complexity index is 240. The Morgan fingerprint density at radius 2 is 1.81 bits per heavy atom. The van der Waals surface area contributed by atoms with Crippen LogP contribution in [0.4, 0.5) is 0 Å². The highest BCUT2D eigenvalue weighted by molar-refractivity contribution is 5.05. The molecule has 0 aromatic carbocycles. The fourth-order valence-corrected chi connectivity index (χ4v) is 3.57. The molecule has 1 unspecified atom stereocenters. The lowest BCUT2D eigenvalue weighted by Crippen LogP contribution is -2.45. The topological polar surface area (TPSA) is 18.5 Å². The average molecular weight is 223 g/mol. The Kier molecular flexibility index (Phi) is 2.94. The van der Waals surface area contributed by atoms with Gasteiger partial charge in [-0.25, -0.2) is 0 Å². The van der Waals surface area contributed by atoms with Crippen LogP contribution in [-0.2, 0) is 0 Å². The molecule has 1 N–H and O–H groups in total. The molecule has 3 nitrogen and oxygen atoms in total. The molecular formula is C13H25N3. The number of piperazine rings is 1. The molecule has 1 aliphatic carbocycles. The molecule has 2 aliphatic heterocycles. The van der Waals surface area contributed by atoms with Crippen LogP contribution in [0.5, 0.6) is 0 Å². The van der Waals surface area contributed by atoms with Gasteiger partial charge in [-0.05, 0) is 50.7 Å². The number of likely N-dealkylation sites (N-methyl/N-ethyl adjacent to an activating group) is 1. The van der Waals surface area contributed by atoms with Crippen LogP contribution in [0.15, 0.2) is 0 Å². The van der Waals surface area contributed by atoms with Crippen LogP contribution < -0.4 is 5.32 Å². The van der Waals surface area contributed by atoms with Gasteiger partial charge in [0.05, 0.1) is 0 Å². The average Bonchev–Trinajstić information content (AvgIpc) is 2.95. The van der Waals surface area contributed by atoms with Crippen LogP contribution in [-0.4, -0.2) is 62.7 Å². The van der Waals surface area contributed by atoms with Gasteiger partial charge < -0.3 is 15.1 Å². The van der Waals surface area contributed by atoms with Gasteiger partial charge in [-0.2, -0.15) is 0 Å². The zero-order chi connectivity index (χ0) is 11.0. The van der Waals surface area contributed by atoms with Gasteiger partial charge in [0.15, 0.2) is 0 Å². The maximum absolute atomic E-state index is 3.49. The Hall–Kier alpha value is -0.120. The van der Waals surface area contributed by atoms with E-state index in [-0.39, 0.29) is 0 Å². The van der Waals surface area contributed by atoms with Crippen LogP contribution >= 0.6 is 0 Å². The molecule has 3 heteroatoms. The Morgan fingerprint density at radius 1 is 1.12 bits per heavy atom. The highest BCUT2D eigenvalue weighted by Gasteiger charge is 2.53. The number of hydrogen-bond acceptors (Lipinski definition) is 3. The minimum atomic E-state index is 0.772. The summed E-state index contributed by atoms with van der Waals surface area (Å²) in [5.41, 5.74) is 0.772. The van der Waals surface area contributed by atoms with E-state index in [1.54, 1.807) is 0 Å². The van der Waals surface area contributed by atoms with Gasteiger partial charge in [-0.15, -0.1) is 0 Å². The Balaban J connectivity index is 1.46. The number of nitrogens with one attached hydrogen (secondary N) is 1. The summed E-state index contributed by atoms with van der Waals surface area (Å²) in [7, 11) is 2.24. The number of rotatable bonds is 2. The predicted molar refractivity (Wildman–Crippen MR) is 66.6 cm³/mol.